The first-order valence-corrected chi connectivity index (χ1v) is 8.18. The van der Waals surface area contributed by atoms with Gasteiger partial charge in [0.2, 0.25) is 0 Å². The molecule has 1 saturated heterocycles. The molecule has 0 aromatic carbocycles. The lowest BCUT2D eigenvalue weighted by molar-refractivity contribution is 0.0348. The lowest BCUT2D eigenvalue weighted by atomic mass is 9.72. The summed E-state index contributed by atoms with van der Waals surface area (Å²) in [5.41, 5.74) is 0.526. The number of nitrogens with one attached hydrogen (secondary N) is 1. The van der Waals surface area contributed by atoms with E-state index in [4.69, 9.17) is 0 Å². The number of hydrogen-bond donors (Lipinski definition) is 1. The summed E-state index contributed by atoms with van der Waals surface area (Å²) < 4.78 is 0. The quantitative estimate of drug-likeness (QED) is 0.842. The first kappa shape index (κ1) is 15.3. The average Bonchev–Trinajstić information content (AvgIpc) is 2.37. The molecule has 2 unspecified atom stereocenters. The van der Waals surface area contributed by atoms with Crippen LogP contribution < -0.4 is 5.32 Å². The van der Waals surface area contributed by atoms with Gasteiger partial charge in [-0.3, -0.25) is 4.90 Å². The number of rotatable bonds is 4. The number of likely N-dealkylation sites (N-methyl/N-ethyl adjacent to an activating group) is 1. The van der Waals surface area contributed by atoms with E-state index < -0.39 is 0 Å². The van der Waals surface area contributed by atoms with Crippen LogP contribution in [0.3, 0.4) is 0 Å². The van der Waals surface area contributed by atoms with Crippen molar-refractivity contribution in [3.05, 3.63) is 0 Å². The van der Waals surface area contributed by atoms with Crippen molar-refractivity contribution in [1.29, 1.82) is 0 Å². The maximum absolute atomic E-state index is 3.81. The molecule has 0 spiro atoms. The van der Waals surface area contributed by atoms with Gasteiger partial charge in [-0.1, -0.05) is 20.8 Å². The van der Waals surface area contributed by atoms with Gasteiger partial charge < -0.3 is 10.2 Å². The van der Waals surface area contributed by atoms with Crippen LogP contribution in [0.4, 0.5) is 0 Å². The minimum atomic E-state index is 0.526. The van der Waals surface area contributed by atoms with Crippen LogP contribution in [0.25, 0.3) is 0 Å². The van der Waals surface area contributed by atoms with Gasteiger partial charge in [-0.05, 0) is 44.7 Å². The minimum Gasteiger partial charge on any atom is -0.312 e. The molecule has 3 heteroatoms. The molecule has 0 aromatic heterocycles. The van der Waals surface area contributed by atoms with Gasteiger partial charge in [0.05, 0.1) is 0 Å². The van der Waals surface area contributed by atoms with E-state index in [2.05, 4.69) is 42.9 Å². The zero-order valence-electron chi connectivity index (χ0n) is 13.4. The average molecular weight is 267 g/mol. The maximum atomic E-state index is 3.81. The topological polar surface area (TPSA) is 18.5 Å². The molecule has 0 bridgehead atoms. The molecule has 0 amide bonds. The molecule has 1 aliphatic heterocycles. The van der Waals surface area contributed by atoms with Gasteiger partial charge in [0.1, 0.15) is 0 Å². The standard InChI is InChI=1S/C16H33N3/c1-5-8-17-14-6-7-16(2,3)13-15(14)19-11-9-18(4)10-12-19/h14-15,17H,5-13H2,1-4H3. The Balaban J connectivity index is 1.98. The molecular formula is C16H33N3. The fourth-order valence-corrected chi connectivity index (χ4v) is 3.65. The molecule has 2 aliphatic rings. The molecule has 19 heavy (non-hydrogen) atoms. The Bertz CT molecular complexity index is 264. The van der Waals surface area contributed by atoms with E-state index in [0.29, 0.717) is 5.41 Å². The molecule has 112 valence electrons. The van der Waals surface area contributed by atoms with Gasteiger partial charge in [0.25, 0.3) is 0 Å². The van der Waals surface area contributed by atoms with Gasteiger partial charge in [-0.2, -0.15) is 0 Å². The van der Waals surface area contributed by atoms with E-state index in [1.54, 1.807) is 0 Å². The highest BCUT2D eigenvalue weighted by molar-refractivity contribution is 4.95. The van der Waals surface area contributed by atoms with Gasteiger partial charge in [-0.25, -0.2) is 0 Å². The van der Waals surface area contributed by atoms with Crippen molar-refractivity contribution in [2.75, 3.05) is 39.8 Å². The fraction of sp³-hybridized carbons (Fsp3) is 1.00. The summed E-state index contributed by atoms with van der Waals surface area (Å²) >= 11 is 0. The third-order valence-corrected chi connectivity index (χ3v) is 5.02. The molecule has 1 saturated carbocycles. The number of nitrogens with zero attached hydrogens (tertiary/aromatic N) is 2. The second-order valence-electron chi connectivity index (χ2n) is 7.37. The van der Waals surface area contributed by atoms with E-state index in [1.807, 2.05) is 0 Å². The first-order valence-electron chi connectivity index (χ1n) is 8.18. The van der Waals surface area contributed by atoms with Crippen LogP contribution >= 0.6 is 0 Å². The van der Waals surface area contributed by atoms with E-state index in [1.165, 1.54) is 58.4 Å². The summed E-state index contributed by atoms with van der Waals surface area (Å²) in [4.78, 5) is 5.22. The zero-order valence-corrected chi connectivity index (χ0v) is 13.4. The van der Waals surface area contributed by atoms with Crippen LogP contribution in [-0.2, 0) is 0 Å². The predicted octanol–water partition coefficient (Wildman–Crippen LogP) is 2.18. The van der Waals surface area contributed by atoms with Crippen molar-refractivity contribution in [1.82, 2.24) is 15.1 Å². The Kier molecular flexibility index (Phi) is 5.27. The highest BCUT2D eigenvalue weighted by atomic mass is 15.3. The Morgan fingerprint density at radius 2 is 1.84 bits per heavy atom. The van der Waals surface area contributed by atoms with Crippen LogP contribution in [0.2, 0.25) is 0 Å². The normalized spacial score (nSPS) is 33.5. The summed E-state index contributed by atoms with van der Waals surface area (Å²) in [6.07, 6.45) is 5.33. The van der Waals surface area contributed by atoms with Gasteiger partial charge in [0, 0.05) is 38.3 Å². The van der Waals surface area contributed by atoms with E-state index in [0.717, 1.165) is 12.1 Å². The van der Waals surface area contributed by atoms with Crippen LogP contribution in [0, 0.1) is 5.41 Å². The maximum Gasteiger partial charge on any atom is 0.0255 e. The minimum absolute atomic E-state index is 0.526. The molecule has 3 nitrogen and oxygen atoms in total. The zero-order chi connectivity index (χ0) is 13.9. The largest absolute Gasteiger partial charge is 0.312 e. The van der Waals surface area contributed by atoms with Crippen molar-refractivity contribution in [3.8, 4) is 0 Å². The van der Waals surface area contributed by atoms with Crippen LogP contribution in [-0.4, -0.2) is 61.7 Å². The Morgan fingerprint density at radius 3 is 2.47 bits per heavy atom. The van der Waals surface area contributed by atoms with Crippen LogP contribution in [0.1, 0.15) is 46.5 Å². The molecule has 2 rings (SSSR count). The van der Waals surface area contributed by atoms with Crippen LogP contribution in [0.15, 0.2) is 0 Å². The third kappa shape index (κ3) is 4.17. The number of hydrogen-bond acceptors (Lipinski definition) is 3. The second-order valence-corrected chi connectivity index (χ2v) is 7.37. The molecular weight excluding hydrogens is 234 g/mol. The number of piperazine rings is 1. The van der Waals surface area contributed by atoms with Gasteiger partial charge in [0.15, 0.2) is 0 Å². The molecule has 1 N–H and O–H groups in total. The molecule has 0 radical (unpaired) electrons. The summed E-state index contributed by atoms with van der Waals surface area (Å²) in [7, 11) is 2.25. The first-order chi connectivity index (χ1) is 9.02. The molecule has 1 heterocycles. The molecule has 2 fully saturated rings. The van der Waals surface area contributed by atoms with Crippen molar-refractivity contribution < 1.29 is 0 Å². The second kappa shape index (κ2) is 6.55. The van der Waals surface area contributed by atoms with Crippen molar-refractivity contribution in [3.63, 3.8) is 0 Å². The highest BCUT2D eigenvalue weighted by Crippen LogP contribution is 2.37. The monoisotopic (exact) mass is 267 g/mol. The SMILES string of the molecule is CCCNC1CCC(C)(C)CC1N1CCN(C)CC1. The smallest absolute Gasteiger partial charge is 0.0255 e. The van der Waals surface area contributed by atoms with Crippen molar-refractivity contribution >= 4 is 0 Å². The molecule has 0 aromatic rings. The Hall–Kier alpha value is -0.120. The molecule has 1 aliphatic carbocycles. The predicted molar refractivity (Wildman–Crippen MR) is 82.6 cm³/mol. The summed E-state index contributed by atoms with van der Waals surface area (Å²) in [6, 6.07) is 1.47. The summed E-state index contributed by atoms with van der Waals surface area (Å²) in [5, 5.41) is 3.81. The Morgan fingerprint density at radius 1 is 1.16 bits per heavy atom. The molecule has 2 atom stereocenters. The van der Waals surface area contributed by atoms with Crippen molar-refractivity contribution in [2.45, 2.75) is 58.5 Å². The fourth-order valence-electron chi connectivity index (χ4n) is 3.65. The summed E-state index contributed by atoms with van der Waals surface area (Å²) in [5.74, 6) is 0. The van der Waals surface area contributed by atoms with E-state index in [-0.39, 0.29) is 0 Å². The highest BCUT2D eigenvalue weighted by Gasteiger charge is 2.38. The lowest BCUT2D eigenvalue weighted by Gasteiger charge is -2.48. The van der Waals surface area contributed by atoms with Gasteiger partial charge >= 0.3 is 0 Å². The van der Waals surface area contributed by atoms with E-state index in [9.17, 15) is 0 Å². The summed E-state index contributed by atoms with van der Waals surface area (Å²) in [6.45, 7) is 13.3. The van der Waals surface area contributed by atoms with Crippen molar-refractivity contribution in [2.24, 2.45) is 5.41 Å². The van der Waals surface area contributed by atoms with E-state index >= 15 is 0 Å². The van der Waals surface area contributed by atoms with Gasteiger partial charge in [-0.15, -0.1) is 0 Å². The Labute approximate surface area is 119 Å². The lowest BCUT2D eigenvalue weighted by Crippen LogP contribution is -2.59. The third-order valence-electron chi connectivity index (χ3n) is 5.02. The van der Waals surface area contributed by atoms with Crippen LogP contribution in [0.5, 0.6) is 0 Å².